The molecule has 0 aromatic heterocycles. The molecule has 2 heterocycles. The fraction of sp³-hybridized carbons (Fsp3) is 0.700. The van der Waals surface area contributed by atoms with Crippen LogP contribution in [0.15, 0.2) is 11.6 Å². The van der Waals surface area contributed by atoms with Gasteiger partial charge in [0, 0.05) is 19.5 Å². The summed E-state index contributed by atoms with van der Waals surface area (Å²) in [6.07, 6.45) is 4.00. The maximum atomic E-state index is 11.0. The van der Waals surface area contributed by atoms with Crippen LogP contribution < -0.4 is 0 Å². The van der Waals surface area contributed by atoms with Crippen molar-refractivity contribution in [3.05, 3.63) is 11.6 Å². The molecule has 3 nitrogen and oxygen atoms in total. The number of ether oxygens (including phenoxy) is 1. The van der Waals surface area contributed by atoms with Gasteiger partial charge in [-0.2, -0.15) is 0 Å². The van der Waals surface area contributed by atoms with Crippen molar-refractivity contribution in [2.75, 3.05) is 32.8 Å². The van der Waals surface area contributed by atoms with Gasteiger partial charge < -0.3 is 4.74 Å². The number of likely N-dealkylation sites (tertiary alicyclic amines) is 1. The van der Waals surface area contributed by atoms with Crippen LogP contribution in [-0.2, 0) is 9.53 Å². The predicted molar refractivity (Wildman–Crippen MR) is 49.6 cm³/mol. The van der Waals surface area contributed by atoms with Crippen LogP contribution in [-0.4, -0.2) is 43.5 Å². The molecule has 2 aliphatic rings. The Morgan fingerprint density at radius 2 is 2.46 bits per heavy atom. The largest absolute Gasteiger partial charge is 0.377 e. The number of hydrogen-bond acceptors (Lipinski definition) is 3. The van der Waals surface area contributed by atoms with Crippen LogP contribution in [0, 0.1) is 0 Å². The molecule has 0 spiro atoms. The van der Waals surface area contributed by atoms with E-state index in [-0.39, 0.29) is 0 Å². The third kappa shape index (κ3) is 2.39. The highest BCUT2D eigenvalue weighted by Gasteiger charge is 2.20. The zero-order chi connectivity index (χ0) is 9.10. The minimum absolute atomic E-state index is 0.373. The van der Waals surface area contributed by atoms with E-state index in [4.69, 9.17) is 4.74 Å². The van der Waals surface area contributed by atoms with Crippen molar-refractivity contribution in [2.45, 2.75) is 12.8 Å². The van der Waals surface area contributed by atoms with E-state index >= 15 is 0 Å². The summed E-state index contributed by atoms with van der Waals surface area (Å²) in [4.78, 5) is 13.2. The maximum Gasteiger partial charge on any atom is 0.148 e. The van der Waals surface area contributed by atoms with E-state index in [0.717, 1.165) is 39.1 Å². The summed E-state index contributed by atoms with van der Waals surface area (Å²) in [6, 6.07) is 0. The predicted octanol–water partition coefficient (Wildman–Crippen LogP) is 0.608. The number of carbonyl (C=O) groups is 1. The first kappa shape index (κ1) is 8.91. The maximum absolute atomic E-state index is 11.0. The molecule has 2 aliphatic heterocycles. The van der Waals surface area contributed by atoms with Crippen LogP contribution in [0.1, 0.15) is 12.8 Å². The summed E-state index contributed by atoms with van der Waals surface area (Å²) in [7, 11) is 0. The van der Waals surface area contributed by atoms with Crippen LogP contribution in [0.5, 0.6) is 0 Å². The molecule has 0 N–H and O–H groups in total. The van der Waals surface area contributed by atoms with Crippen molar-refractivity contribution in [3.8, 4) is 0 Å². The molecule has 72 valence electrons. The molecule has 3 heteroatoms. The molecule has 2 rings (SSSR count). The average molecular weight is 181 g/mol. The summed E-state index contributed by atoms with van der Waals surface area (Å²) >= 11 is 0. The van der Waals surface area contributed by atoms with Gasteiger partial charge in [0.15, 0.2) is 0 Å². The molecule has 0 atom stereocenters. The van der Waals surface area contributed by atoms with E-state index < -0.39 is 0 Å². The lowest BCUT2D eigenvalue weighted by Gasteiger charge is -2.19. The van der Waals surface area contributed by atoms with E-state index in [1.165, 1.54) is 5.57 Å². The number of rotatable bonds is 2. The third-order valence-corrected chi connectivity index (χ3v) is 2.52. The first-order valence-corrected chi connectivity index (χ1v) is 4.84. The van der Waals surface area contributed by atoms with Gasteiger partial charge in [-0.25, -0.2) is 0 Å². The Morgan fingerprint density at radius 1 is 1.54 bits per heavy atom. The lowest BCUT2D eigenvalue weighted by atomic mass is 10.2. The van der Waals surface area contributed by atoms with Crippen LogP contribution in [0.3, 0.4) is 0 Å². The monoisotopic (exact) mass is 181 g/mol. The van der Waals surface area contributed by atoms with Gasteiger partial charge >= 0.3 is 0 Å². The molecule has 1 saturated heterocycles. The van der Waals surface area contributed by atoms with Gasteiger partial charge in [-0.3, -0.25) is 9.69 Å². The van der Waals surface area contributed by atoms with E-state index in [0.29, 0.717) is 12.3 Å². The van der Waals surface area contributed by atoms with Gasteiger partial charge in [0.1, 0.15) is 5.78 Å². The Bertz CT molecular complexity index is 235. The summed E-state index contributed by atoms with van der Waals surface area (Å²) in [6.45, 7) is 4.09. The second-order valence-electron chi connectivity index (χ2n) is 3.70. The molecular weight excluding hydrogens is 166 g/mol. The van der Waals surface area contributed by atoms with Gasteiger partial charge in [0.2, 0.25) is 0 Å². The SMILES string of the molecule is O=C1CCN(CC2=CCCOC2)C1. The second kappa shape index (κ2) is 4.03. The van der Waals surface area contributed by atoms with Gasteiger partial charge in [-0.15, -0.1) is 0 Å². The molecule has 0 aliphatic carbocycles. The topological polar surface area (TPSA) is 29.5 Å². The molecule has 0 aromatic carbocycles. The van der Waals surface area contributed by atoms with E-state index in [9.17, 15) is 4.79 Å². The smallest absolute Gasteiger partial charge is 0.148 e. The average Bonchev–Trinajstić information content (AvgIpc) is 2.53. The van der Waals surface area contributed by atoms with E-state index in [1.807, 2.05) is 0 Å². The van der Waals surface area contributed by atoms with Crippen molar-refractivity contribution in [1.29, 1.82) is 0 Å². The Balaban J connectivity index is 1.83. The lowest BCUT2D eigenvalue weighted by Crippen LogP contribution is -2.26. The van der Waals surface area contributed by atoms with Crippen molar-refractivity contribution in [3.63, 3.8) is 0 Å². The van der Waals surface area contributed by atoms with Crippen LogP contribution >= 0.6 is 0 Å². The highest BCUT2D eigenvalue weighted by atomic mass is 16.5. The first-order valence-electron chi connectivity index (χ1n) is 4.84. The summed E-state index contributed by atoms with van der Waals surface area (Å²) in [5.74, 6) is 0.373. The quantitative estimate of drug-likeness (QED) is 0.584. The Morgan fingerprint density at radius 3 is 3.08 bits per heavy atom. The lowest BCUT2D eigenvalue weighted by molar-refractivity contribution is -0.116. The normalized spacial score (nSPS) is 24.9. The zero-order valence-electron chi connectivity index (χ0n) is 7.79. The number of hydrogen-bond donors (Lipinski definition) is 0. The fourth-order valence-corrected chi connectivity index (χ4v) is 1.83. The third-order valence-electron chi connectivity index (χ3n) is 2.52. The molecule has 0 bridgehead atoms. The van der Waals surface area contributed by atoms with Crippen LogP contribution in [0.2, 0.25) is 0 Å². The first-order chi connectivity index (χ1) is 6.34. The number of carbonyl (C=O) groups excluding carboxylic acids is 1. The molecule has 13 heavy (non-hydrogen) atoms. The van der Waals surface area contributed by atoms with Gasteiger partial charge in [-0.05, 0) is 12.0 Å². The molecule has 0 amide bonds. The van der Waals surface area contributed by atoms with Gasteiger partial charge in [-0.1, -0.05) is 6.08 Å². The van der Waals surface area contributed by atoms with Crippen molar-refractivity contribution in [2.24, 2.45) is 0 Å². The standard InChI is InChI=1S/C10H15NO2/c12-10-3-4-11(7-10)6-9-2-1-5-13-8-9/h2H,1,3-8H2. The molecule has 0 unspecified atom stereocenters. The minimum atomic E-state index is 0.373. The number of nitrogens with zero attached hydrogens (tertiary/aromatic N) is 1. The summed E-state index contributed by atoms with van der Waals surface area (Å²) in [5, 5.41) is 0. The Kier molecular flexibility index (Phi) is 2.76. The van der Waals surface area contributed by atoms with E-state index in [1.54, 1.807) is 0 Å². The van der Waals surface area contributed by atoms with Crippen molar-refractivity contribution >= 4 is 5.78 Å². The highest BCUT2D eigenvalue weighted by Crippen LogP contribution is 2.11. The van der Waals surface area contributed by atoms with Crippen molar-refractivity contribution < 1.29 is 9.53 Å². The van der Waals surface area contributed by atoms with Crippen LogP contribution in [0.4, 0.5) is 0 Å². The zero-order valence-corrected chi connectivity index (χ0v) is 7.79. The highest BCUT2D eigenvalue weighted by molar-refractivity contribution is 5.82. The summed E-state index contributed by atoms with van der Waals surface area (Å²) < 4.78 is 5.34. The molecule has 1 fully saturated rings. The van der Waals surface area contributed by atoms with E-state index in [2.05, 4.69) is 11.0 Å². The fourth-order valence-electron chi connectivity index (χ4n) is 1.83. The molecule has 0 radical (unpaired) electrons. The minimum Gasteiger partial charge on any atom is -0.377 e. The number of ketones is 1. The molecular formula is C10H15NO2. The van der Waals surface area contributed by atoms with Gasteiger partial charge in [0.25, 0.3) is 0 Å². The Labute approximate surface area is 78.4 Å². The Hall–Kier alpha value is -0.670. The summed E-state index contributed by atoms with van der Waals surface area (Å²) in [5.41, 5.74) is 1.33. The number of Topliss-reactive ketones (excluding diaryl/α,β-unsaturated/α-hetero) is 1. The molecule has 0 aromatic rings. The van der Waals surface area contributed by atoms with Crippen molar-refractivity contribution in [1.82, 2.24) is 4.90 Å². The van der Waals surface area contributed by atoms with Crippen LogP contribution in [0.25, 0.3) is 0 Å². The molecule has 0 saturated carbocycles. The second-order valence-corrected chi connectivity index (χ2v) is 3.70. The van der Waals surface area contributed by atoms with Gasteiger partial charge in [0.05, 0.1) is 19.8 Å².